The average Bonchev–Trinajstić information content (AvgIpc) is 3.77. The lowest BCUT2D eigenvalue weighted by molar-refractivity contribution is 0.282. The summed E-state index contributed by atoms with van der Waals surface area (Å²) in [6, 6.07) is 47.1. The maximum atomic E-state index is 7.90. The summed E-state index contributed by atoms with van der Waals surface area (Å²) < 4.78 is 7.90. The van der Waals surface area contributed by atoms with Crippen LogP contribution in [0.3, 0.4) is 0 Å². The largest absolute Gasteiger partial charge is 0.472 e. The van der Waals surface area contributed by atoms with E-state index in [0.29, 0.717) is 0 Å². The minimum Gasteiger partial charge on any atom is -0.472 e. The second-order valence-electron chi connectivity index (χ2n) is 28.2. The van der Waals surface area contributed by atoms with Crippen LogP contribution < -0.4 is 31.3 Å². The first-order valence-corrected chi connectivity index (χ1v) is 28.0. The molecule has 0 unspecified atom stereocenters. The molecule has 12 rings (SSSR count). The Morgan fingerprint density at radius 2 is 1.00 bits per heavy atom. The number of anilines is 9. The highest BCUT2D eigenvalue weighted by Crippen LogP contribution is 2.59. The third kappa shape index (κ3) is 7.28. The van der Waals surface area contributed by atoms with Gasteiger partial charge in [-0.15, -0.1) is 0 Å². The molecule has 2 aliphatic heterocycles. The molecule has 5 aliphatic rings. The molecule has 0 bridgehead atoms. The molecule has 74 heavy (non-hydrogen) atoms. The van der Waals surface area contributed by atoms with Gasteiger partial charge < -0.3 is 19.1 Å². The number of furan rings is 1. The molecule has 3 heterocycles. The number of aryl methyl sites for hydroxylation is 1. The Bertz CT molecular complexity index is 3380. The van der Waals surface area contributed by atoms with Crippen molar-refractivity contribution in [2.45, 2.75) is 187 Å². The molecule has 0 radical (unpaired) electrons. The fourth-order valence-corrected chi connectivity index (χ4v) is 14.3. The molecule has 4 nitrogen and oxygen atoms in total. The van der Waals surface area contributed by atoms with Crippen molar-refractivity contribution in [3.63, 3.8) is 0 Å². The number of rotatable bonds is 5. The van der Waals surface area contributed by atoms with Gasteiger partial charge in [-0.05, 0) is 177 Å². The van der Waals surface area contributed by atoms with E-state index in [1.165, 1.54) is 90.4 Å². The van der Waals surface area contributed by atoms with Gasteiger partial charge in [0.1, 0.15) is 5.76 Å². The van der Waals surface area contributed by atoms with Crippen LogP contribution in [0.5, 0.6) is 0 Å². The van der Waals surface area contributed by atoms with E-state index in [1.54, 1.807) is 0 Å². The average molecular weight is 978 g/mol. The summed E-state index contributed by atoms with van der Waals surface area (Å²) in [5.74, 6) is 1.15. The minimum atomic E-state index is -0.154. The molecule has 1 aromatic heterocycles. The monoisotopic (exact) mass is 978 g/mol. The summed E-state index contributed by atoms with van der Waals surface area (Å²) >= 11 is 0. The second kappa shape index (κ2) is 16.0. The first-order chi connectivity index (χ1) is 34.7. The van der Waals surface area contributed by atoms with Gasteiger partial charge in [-0.1, -0.05) is 171 Å². The predicted octanol–water partition coefficient (Wildman–Crippen LogP) is 17.5. The van der Waals surface area contributed by atoms with Gasteiger partial charge in [0.2, 0.25) is 0 Å². The summed E-state index contributed by atoms with van der Waals surface area (Å²) in [6.07, 6.45) is 6.74. The number of para-hydroxylation sites is 2. The number of fused-ring (bicyclic) bond motifs is 9. The Kier molecular flexibility index (Phi) is 10.6. The molecule has 0 N–H and O–H groups in total. The normalized spacial score (nSPS) is 19.9. The van der Waals surface area contributed by atoms with Gasteiger partial charge in [-0.25, -0.2) is 0 Å². The fraction of sp³-hybridized carbons (Fsp3) is 0.420. The first-order valence-electron chi connectivity index (χ1n) is 28.0. The van der Waals surface area contributed by atoms with Crippen LogP contribution in [-0.2, 0) is 37.9 Å². The van der Waals surface area contributed by atoms with Crippen LogP contribution in [0.2, 0.25) is 0 Å². The molecule has 0 amide bonds. The van der Waals surface area contributed by atoms with Crippen molar-refractivity contribution >= 4 is 74.5 Å². The van der Waals surface area contributed by atoms with Crippen molar-refractivity contribution in [3.8, 4) is 0 Å². The molecular weight excluding hydrogens is 898 g/mol. The smallest absolute Gasteiger partial charge is 0.297 e. The molecule has 380 valence electrons. The molecule has 0 saturated carbocycles. The summed E-state index contributed by atoms with van der Waals surface area (Å²) in [5, 5.41) is 0. The van der Waals surface area contributed by atoms with Crippen molar-refractivity contribution < 1.29 is 4.42 Å². The van der Waals surface area contributed by atoms with Crippen molar-refractivity contribution in [3.05, 3.63) is 166 Å². The quantitative estimate of drug-likeness (QED) is 0.160. The maximum Gasteiger partial charge on any atom is 0.297 e. The lowest BCUT2D eigenvalue weighted by Gasteiger charge is -2.49. The SMILES string of the molecule is Cc1cc(C(C)(C)C)ccc1N1c2cc(N(c3ccccc3)c3ccccc3)cc3c2B(c2ccc4c(c2N3c2ccc3c(c2)C(C)(C)CCC3(C)C)C(C)(C)CCC4(C)C)c2oc3c(c21)C(C)(C)CCC3(C)C. The van der Waals surface area contributed by atoms with Gasteiger partial charge in [-0.3, -0.25) is 0 Å². The summed E-state index contributed by atoms with van der Waals surface area (Å²) in [6.45, 7) is 38.9. The van der Waals surface area contributed by atoms with E-state index in [-0.39, 0.29) is 44.6 Å². The van der Waals surface area contributed by atoms with Crippen LogP contribution >= 0.6 is 0 Å². The number of nitrogens with zero attached hydrogens (tertiary/aromatic N) is 3. The van der Waals surface area contributed by atoms with E-state index in [9.17, 15) is 0 Å². The topological polar surface area (TPSA) is 22.9 Å². The highest BCUT2D eigenvalue weighted by atomic mass is 16.3. The zero-order valence-corrected chi connectivity index (χ0v) is 47.6. The van der Waals surface area contributed by atoms with E-state index in [0.717, 1.165) is 60.6 Å². The summed E-state index contributed by atoms with van der Waals surface area (Å²) in [4.78, 5) is 7.94. The lowest BCUT2D eigenvalue weighted by atomic mass is 9.34. The molecule has 7 aromatic rings. The zero-order chi connectivity index (χ0) is 52.4. The van der Waals surface area contributed by atoms with Crippen LogP contribution in [0.4, 0.5) is 51.2 Å². The van der Waals surface area contributed by atoms with Crippen LogP contribution in [0.25, 0.3) is 0 Å². The third-order valence-corrected chi connectivity index (χ3v) is 19.2. The second-order valence-corrected chi connectivity index (χ2v) is 28.2. The van der Waals surface area contributed by atoms with E-state index < -0.39 is 0 Å². The lowest BCUT2D eigenvalue weighted by Crippen LogP contribution is -2.62. The van der Waals surface area contributed by atoms with E-state index in [1.807, 2.05) is 0 Å². The van der Waals surface area contributed by atoms with Crippen molar-refractivity contribution in [1.82, 2.24) is 0 Å². The standard InChI is InChI=1S/C69H80BN3O/c1-43-39-44(63(2,3)4)27-32-53(43)73-55-42-48(71(45-23-19-17-20-24-45)46-25-21-18-22-26-46)41-54-58(55)70(62-60(73)57-61(74-62)69(15,16)38-37-68(57,13)14)52-31-30-50-56(67(11,12)36-35-65(50,7)8)59(52)72(54)47-28-29-49-51(40-47)66(9,10)34-33-64(49,5)6/h17-32,39-42H,33-38H2,1-16H3. The molecule has 0 atom stereocenters. The van der Waals surface area contributed by atoms with Crippen LogP contribution in [-0.4, -0.2) is 6.71 Å². The Hall–Kier alpha value is -5.94. The van der Waals surface area contributed by atoms with Gasteiger partial charge in [0.15, 0.2) is 0 Å². The van der Waals surface area contributed by atoms with Gasteiger partial charge in [0, 0.05) is 50.8 Å². The molecule has 5 heteroatoms. The summed E-state index contributed by atoms with van der Waals surface area (Å²) in [7, 11) is 0. The van der Waals surface area contributed by atoms with Gasteiger partial charge >= 0.3 is 0 Å². The molecule has 0 saturated heterocycles. The molecule has 0 spiro atoms. The van der Waals surface area contributed by atoms with Gasteiger partial charge in [0.25, 0.3) is 6.71 Å². The molecular formula is C69H80BN3O. The summed E-state index contributed by atoms with van der Waals surface area (Å²) in [5.41, 5.74) is 24.2. The minimum absolute atomic E-state index is 0.00120. The van der Waals surface area contributed by atoms with Crippen molar-refractivity contribution in [1.29, 1.82) is 0 Å². The Balaban J connectivity index is 1.29. The number of hydrogen-bond donors (Lipinski definition) is 0. The third-order valence-electron chi connectivity index (χ3n) is 19.2. The maximum absolute atomic E-state index is 7.90. The highest BCUT2D eigenvalue weighted by molar-refractivity contribution is 6.99. The molecule has 3 aliphatic carbocycles. The molecule has 0 fully saturated rings. The zero-order valence-electron chi connectivity index (χ0n) is 47.6. The predicted molar refractivity (Wildman–Crippen MR) is 317 cm³/mol. The molecule has 6 aromatic carbocycles. The number of benzene rings is 6. The van der Waals surface area contributed by atoms with Crippen LogP contribution in [0.15, 0.2) is 126 Å². The Morgan fingerprint density at radius 1 is 0.473 bits per heavy atom. The van der Waals surface area contributed by atoms with E-state index in [4.69, 9.17) is 4.42 Å². The highest BCUT2D eigenvalue weighted by Gasteiger charge is 2.54. The number of hydrogen-bond acceptors (Lipinski definition) is 4. The van der Waals surface area contributed by atoms with Gasteiger partial charge in [0.05, 0.1) is 17.0 Å². The first kappa shape index (κ1) is 49.0. The van der Waals surface area contributed by atoms with E-state index >= 15 is 0 Å². The van der Waals surface area contributed by atoms with Crippen molar-refractivity contribution in [2.24, 2.45) is 0 Å². The fourth-order valence-electron chi connectivity index (χ4n) is 14.3. The van der Waals surface area contributed by atoms with Crippen LogP contribution in [0.1, 0.15) is 187 Å². The Labute approximate surface area is 444 Å². The van der Waals surface area contributed by atoms with Crippen LogP contribution in [0, 0.1) is 6.92 Å². The van der Waals surface area contributed by atoms with E-state index in [2.05, 4.69) is 247 Å². The Morgan fingerprint density at radius 3 is 1.59 bits per heavy atom. The van der Waals surface area contributed by atoms with Crippen molar-refractivity contribution in [2.75, 3.05) is 14.7 Å². The van der Waals surface area contributed by atoms with Gasteiger partial charge in [-0.2, -0.15) is 0 Å².